The van der Waals surface area contributed by atoms with Gasteiger partial charge in [-0.2, -0.15) is 22.2 Å². The standard InChI is InChI=1S/C17H20F2N4O3S/c1-10-7-11(2)9-12(8-10)21-17-22-14-4-6-20-5-3-13(14)15(23-17)26-27(24,25)16(18)19/h7-9,16,20H,3-6H2,1-2H3,(H,21,22,23). The van der Waals surface area contributed by atoms with Gasteiger partial charge in [0.1, 0.15) is 0 Å². The molecule has 0 atom stereocenters. The predicted molar refractivity (Wildman–Crippen MR) is 97.1 cm³/mol. The lowest BCUT2D eigenvalue weighted by Crippen LogP contribution is -2.20. The van der Waals surface area contributed by atoms with Crippen molar-refractivity contribution in [1.29, 1.82) is 0 Å². The van der Waals surface area contributed by atoms with E-state index in [9.17, 15) is 17.2 Å². The Labute approximate surface area is 156 Å². The number of rotatable bonds is 5. The van der Waals surface area contributed by atoms with Gasteiger partial charge in [0.2, 0.25) is 11.8 Å². The molecule has 146 valence electrons. The number of aryl methyl sites for hydroxylation is 2. The number of fused-ring (bicyclic) bond motifs is 1. The van der Waals surface area contributed by atoms with Crippen molar-refractivity contribution in [2.24, 2.45) is 0 Å². The van der Waals surface area contributed by atoms with E-state index in [2.05, 4.69) is 24.8 Å². The van der Waals surface area contributed by atoms with E-state index in [1.54, 1.807) is 0 Å². The molecule has 0 amide bonds. The number of aromatic nitrogens is 2. The number of anilines is 2. The van der Waals surface area contributed by atoms with E-state index < -0.39 is 15.9 Å². The number of hydrogen-bond acceptors (Lipinski definition) is 7. The van der Waals surface area contributed by atoms with Crippen molar-refractivity contribution in [2.45, 2.75) is 32.4 Å². The molecule has 7 nitrogen and oxygen atoms in total. The van der Waals surface area contributed by atoms with E-state index >= 15 is 0 Å². The fraction of sp³-hybridized carbons (Fsp3) is 0.412. The number of hydrogen-bond donors (Lipinski definition) is 2. The Hall–Kier alpha value is -2.33. The number of halogens is 2. The van der Waals surface area contributed by atoms with Gasteiger partial charge in [-0.15, -0.1) is 0 Å². The second-order valence-electron chi connectivity index (χ2n) is 6.37. The number of alkyl halides is 2. The van der Waals surface area contributed by atoms with Gasteiger partial charge in [0.25, 0.3) is 0 Å². The molecular weight excluding hydrogens is 378 g/mol. The summed E-state index contributed by atoms with van der Waals surface area (Å²) in [6.07, 6.45) is 0.887. The van der Waals surface area contributed by atoms with Crippen LogP contribution >= 0.6 is 0 Å². The number of nitrogens with zero attached hydrogens (tertiary/aromatic N) is 2. The number of benzene rings is 1. The zero-order valence-corrected chi connectivity index (χ0v) is 15.7. The minimum atomic E-state index is -5.07. The Bertz CT molecular complexity index is 931. The maximum Gasteiger partial charge on any atom is 0.374 e. The molecule has 0 fully saturated rings. The van der Waals surface area contributed by atoms with Crippen LogP contribution in [0.2, 0.25) is 0 Å². The molecule has 1 aromatic heterocycles. The van der Waals surface area contributed by atoms with Crippen molar-refractivity contribution in [1.82, 2.24) is 15.3 Å². The Morgan fingerprint density at radius 1 is 1.11 bits per heavy atom. The average molecular weight is 398 g/mol. The minimum absolute atomic E-state index is 0.0973. The molecule has 0 saturated carbocycles. The van der Waals surface area contributed by atoms with Gasteiger partial charge in [0, 0.05) is 24.2 Å². The predicted octanol–water partition coefficient (Wildman–Crippen LogP) is 2.46. The molecule has 2 N–H and O–H groups in total. The molecule has 0 bridgehead atoms. The second kappa shape index (κ2) is 7.73. The van der Waals surface area contributed by atoms with Gasteiger partial charge in [0.15, 0.2) is 0 Å². The van der Waals surface area contributed by atoms with Crippen molar-refractivity contribution in [2.75, 3.05) is 18.4 Å². The highest BCUT2D eigenvalue weighted by Crippen LogP contribution is 2.27. The third-order valence-electron chi connectivity index (χ3n) is 4.04. The van der Waals surface area contributed by atoms with Crippen molar-refractivity contribution in [3.05, 3.63) is 40.6 Å². The van der Waals surface area contributed by atoms with Gasteiger partial charge in [-0.1, -0.05) is 6.07 Å². The molecule has 0 radical (unpaired) electrons. The monoisotopic (exact) mass is 398 g/mol. The first kappa shape index (κ1) is 19.4. The van der Waals surface area contributed by atoms with Crippen LogP contribution in [0, 0.1) is 13.8 Å². The third-order valence-corrected chi connectivity index (χ3v) is 4.86. The van der Waals surface area contributed by atoms with Gasteiger partial charge in [0.05, 0.1) is 5.69 Å². The van der Waals surface area contributed by atoms with E-state index in [4.69, 9.17) is 0 Å². The van der Waals surface area contributed by atoms with Crippen molar-refractivity contribution < 1.29 is 21.4 Å². The minimum Gasteiger partial charge on any atom is -0.357 e. The van der Waals surface area contributed by atoms with E-state index in [-0.39, 0.29) is 11.8 Å². The van der Waals surface area contributed by atoms with Crippen LogP contribution in [0.3, 0.4) is 0 Å². The maximum atomic E-state index is 12.8. The normalized spacial score (nSPS) is 14.6. The van der Waals surface area contributed by atoms with Crippen LogP contribution in [0.1, 0.15) is 22.4 Å². The Morgan fingerprint density at radius 3 is 2.44 bits per heavy atom. The molecule has 27 heavy (non-hydrogen) atoms. The summed E-state index contributed by atoms with van der Waals surface area (Å²) in [4.78, 5) is 8.50. The number of nitrogens with one attached hydrogen (secondary N) is 2. The van der Waals surface area contributed by atoms with E-state index in [1.807, 2.05) is 32.0 Å². The lowest BCUT2D eigenvalue weighted by atomic mass is 10.1. The maximum absolute atomic E-state index is 12.8. The van der Waals surface area contributed by atoms with E-state index in [1.165, 1.54) is 0 Å². The van der Waals surface area contributed by atoms with Gasteiger partial charge >= 0.3 is 15.9 Å². The first-order chi connectivity index (χ1) is 12.7. The lowest BCUT2D eigenvalue weighted by molar-refractivity contribution is 0.219. The molecule has 0 unspecified atom stereocenters. The first-order valence-corrected chi connectivity index (χ1v) is 9.89. The Kier molecular flexibility index (Phi) is 5.56. The zero-order valence-electron chi connectivity index (χ0n) is 14.9. The molecular formula is C17H20F2N4O3S. The van der Waals surface area contributed by atoms with Crippen molar-refractivity contribution in [3.8, 4) is 5.88 Å². The molecule has 0 saturated heterocycles. The van der Waals surface area contributed by atoms with Gasteiger partial charge in [-0.25, -0.2) is 4.98 Å². The smallest absolute Gasteiger partial charge is 0.357 e. The van der Waals surface area contributed by atoms with Crippen molar-refractivity contribution >= 4 is 21.8 Å². The van der Waals surface area contributed by atoms with Crippen LogP contribution in [0.4, 0.5) is 20.4 Å². The molecule has 1 aliphatic rings. The molecule has 0 aliphatic carbocycles. The summed E-state index contributed by atoms with van der Waals surface area (Å²) in [5, 5.41) is 6.16. The van der Waals surface area contributed by atoms with Crippen LogP contribution in [0.15, 0.2) is 18.2 Å². The summed E-state index contributed by atoms with van der Waals surface area (Å²) in [5.41, 5.74) is 3.75. The molecule has 2 heterocycles. The zero-order chi connectivity index (χ0) is 19.6. The topological polar surface area (TPSA) is 93.2 Å². The highest BCUT2D eigenvalue weighted by atomic mass is 32.2. The summed E-state index contributed by atoms with van der Waals surface area (Å²) in [7, 11) is -5.07. The van der Waals surface area contributed by atoms with Crippen LogP contribution < -0.4 is 14.8 Å². The van der Waals surface area contributed by atoms with E-state index in [0.717, 1.165) is 11.1 Å². The highest BCUT2D eigenvalue weighted by molar-refractivity contribution is 7.87. The van der Waals surface area contributed by atoms with Crippen LogP contribution in [0.5, 0.6) is 5.88 Å². The highest BCUT2D eigenvalue weighted by Gasteiger charge is 2.30. The fourth-order valence-electron chi connectivity index (χ4n) is 2.96. The van der Waals surface area contributed by atoms with Crippen molar-refractivity contribution in [3.63, 3.8) is 0 Å². The summed E-state index contributed by atoms with van der Waals surface area (Å²) in [6.45, 7) is 5.05. The van der Waals surface area contributed by atoms with Gasteiger partial charge in [-0.05, 0) is 50.1 Å². The Balaban J connectivity index is 2.02. The summed E-state index contributed by atoms with van der Waals surface area (Å²) >= 11 is 0. The first-order valence-electron chi connectivity index (χ1n) is 8.42. The average Bonchev–Trinajstić information content (AvgIpc) is 2.79. The molecule has 3 rings (SSSR count). The SMILES string of the molecule is Cc1cc(C)cc(Nc2nc3c(c(OS(=O)(=O)C(F)F)n2)CCNCC3)c1. The quantitative estimate of drug-likeness (QED) is 0.748. The molecule has 0 spiro atoms. The fourth-order valence-corrected chi connectivity index (χ4v) is 3.39. The summed E-state index contributed by atoms with van der Waals surface area (Å²) < 4.78 is 53.3. The summed E-state index contributed by atoms with van der Waals surface area (Å²) in [6, 6.07) is 5.75. The van der Waals surface area contributed by atoms with Gasteiger partial charge in [-0.3, -0.25) is 0 Å². The second-order valence-corrected chi connectivity index (χ2v) is 7.87. The van der Waals surface area contributed by atoms with E-state index in [0.29, 0.717) is 42.9 Å². The van der Waals surface area contributed by atoms with Gasteiger partial charge < -0.3 is 14.8 Å². The van der Waals surface area contributed by atoms with Crippen LogP contribution in [-0.2, 0) is 23.0 Å². The molecule has 2 aromatic rings. The summed E-state index contributed by atoms with van der Waals surface area (Å²) in [5.74, 6) is -3.90. The lowest BCUT2D eigenvalue weighted by Gasteiger charge is -2.14. The molecule has 1 aromatic carbocycles. The molecule has 1 aliphatic heterocycles. The molecule has 10 heteroatoms. The van der Waals surface area contributed by atoms with Crippen LogP contribution in [0.25, 0.3) is 0 Å². The van der Waals surface area contributed by atoms with Crippen LogP contribution in [-0.4, -0.2) is 37.2 Å². The largest absolute Gasteiger partial charge is 0.374 e. The third kappa shape index (κ3) is 4.69. The Morgan fingerprint density at radius 2 is 1.78 bits per heavy atom.